The number of carbonyl (C=O) groups excluding carboxylic acids is 2. The SMILES string of the molecule is CC[C@H](C)[C@H](NC(=O)C1CCN(c2nc(C)c3ccc(OC)cc3n2)CC1)C(=O)OC. The highest BCUT2D eigenvalue weighted by Crippen LogP contribution is 2.26. The first kappa shape index (κ1) is 22.8. The summed E-state index contributed by atoms with van der Waals surface area (Å²) < 4.78 is 10.2. The first-order chi connectivity index (χ1) is 14.9. The minimum atomic E-state index is -0.609. The lowest BCUT2D eigenvalue weighted by Gasteiger charge is -2.32. The maximum atomic E-state index is 12.8. The van der Waals surface area contributed by atoms with Crippen molar-refractivity contribution in [2.45, 2.75) is 46.1 Å². The van der Waals surface area contributed by atoms with E-state index in [1.807, 2.05) is 39.0 Å². The van der Waals surface area contributed by atoms with E-state index >= 15 is 0 Å². The molecule has 2 heterocycles. The average molecular weight is 429 g/mol. The summed E-state index contributed by atoms with van der Waals surface area (Å²) in [6, 6.07) is 5.18. The molecular formula is C23H32N4O4. The van der Waals surface area contributed by atoms with E-state index in [1.165, 1.54) is 7.11 Å². The van der Waals surface area contributed by atoms with E-state index in [-0.39, 0.29) is 17.7 Å². The Balaban J connectivity index is 1.67. The lowest BCUT2D eigenvalue weighted by molar-refractivity contribution is -0.147. The zero-order chi connectivity index (χ0) is 22.5. The summed E-state index contributed by atoms with van der Waals surface area (Å²) in [6.45, 7) is 7.27. The van der Waals surface area contributed by atoms with Crippen LogP contribution in [0.4, 0.5) is 5.95 Å². The van der Waals surface area contributed by atoms with Crippen LogP contribution in [0.1, 0.15) is 38.8 Å². The van der Waals surface area contributed by atoms with Crippen molar-refractivity contribution in [1.82, 2.24) is 15.3 Å². The highest BCUT2D eigenvalue weighted by atomic mass is 16.5. The van der Waals surface area contributed by atoms with Crippen molar-refractivity contribution in [3.63, 3.8) is 0 Å². The molecule has 0 aliphatic carbocycles. The van der Waals surface area contributed by atoms with Crippen molar-refractivity contribution in [2.75, 3.05) is 32.2 Å². The standard InChI is InChI=1S/C23H32N4O4/c1-6-14(2)20(22(29)31-5)26-21(28)16-9-11-27(12-10-16)23-24-15(3)18-8-7-17(30-4)13-19(18)25-23/h7-8,13-14,16,20H,6,9-12H2,1-5H3,(H,26,28)/t14-,20-/m0/s1. The van der Waals surface area contributed by atoms with Gasteiger partial charge in [0.05, 0.1) is 25.4 Å². The van der Waals surface area contributed by atoms with Gasteiger partial charge in [0.15, 0.2) is 0 Å². The molecule has 0 bridgehead atoms. The molecule has 31 heavy (non-hydrogen) atoms. The van der Waals surface area contributed by atoms with Crippen molar-refractivity contribution in [2.24, 2.45) is 11.8 Å². The summed E-state index contributed by atoms with van der Waals surface area (Å²) in [7, 11) is 2.99. The quantitative estimate of drug-likeness (QED) is 0.678. The molecule has 1 aliphatic rings. The Kier molecular flexibility index (Phi) is 7.30. The van der Waals surface area contributed by atoms with Crippen molar-refractivity contribution < 1.29 is 19.1 Å². The zero-order valence-corrected chi connectivity index (χ0v) is 19.0. The molecule has 1 amide bonds. The van der Waals surface area contributed by atoms with Crippen molar-refractivity contribution >= 4 is 28.7 Å². The zero-order valence-electron chi connectivity index (χ0n) is 19.0. The third-order valence-corrected chi connectivity index (χ3v) is 6.20. The number of ether oxygens (including phenoxy) is 2. The maximum Gasteiger partial charge on any atom is 0.328 e. The average Bonchev–Trinajstić information content (AvgIpc) is 2.80. The number of carbonyl (C=O) groups is 2. The topological polar surface area (TPSA) is 93.7 Å². The van der Waals surface area contributed by atoms with Gasteiger partial charge in [-0.15, -0.1) is 0 Å². The van der Waals surface area contributed by atoms with Crippen LogP contribution < -0.4 is 15.0 Å². The van der Waals surface area contributed by atoms with Crippen LogP contribution in [-0.4, -0.2) is 55.2 Å². The maximum absolute atomic E-state index is 12.8. The Morgan fingerprint density at radius 3 is 2.55 bits per heavy atom. The van der Waals surface area contributed by atoms with Crippen LogP contribution in [0.25, 0.3) is 10.9 Å². The van der Waals surface area contributed by atoms with Crippen molar-refractivity contribution in [3.05, 3.63) is 23.9 Å². The van der Waals surface area contributed by atoms with Gasteiger partial charge in [-0.25, -0.2) is 14.8 Å². The van der Waals surface area contributed by atoms with Gasteiger partial charge in [-0.3, -0.25) is 4.79 Å². The molecule has 168 valence electrons. The van der Waals surface area contributed by atoms with Gasteiger partial charge in [0.2, 0.25) is 11.9 Å². The summed E-state index contributed by atoms with van der Waals surface area (Å²) in [5, 5.41) is 3.91. The van der Waals surface area contributed by atoms with Crippen molar-refractivity contribution in [3.8, 4) is 5.75 Å². The number of nitrogens with zero attached hydrogens (tertiary/aromatic N) is 3. The molecule has 3 rings (SSSR count). The van der Waals surface area contributed by atoms with Crippen LogP contribution in [0.3, 0.4) is 0 Å². The first-order valence-electron chi connectivity index (χ1n) is 10.8. The number of aromatic nitrogens is 2. The lowest BCUT2D eigenvalue weighted by Crippen LogP contribution is -2.49. The number of fused-ring (bicyclic) bond motifs is 1. The first-order valence-corrected chi connectivity index (χ1v) is 10.8. The third kappa shape index (κ3) is 5.06. The van der Waals surface area contributed by atoms with Crippen LogP contribution in [0, 0.1) is 18.8 Å². The molecule has 2 aromatic rings. The van der Waals surface area contributed by atoms with E-state index in [2.05, 4.69) is 15.2 Å². The van der Waals surface area contributed by atoms with Gasteiger partial charge in [0.25, 0.3) is 0 Å². The molecule has 1 aromatic carbocycles. The molecule has 1 N–H and O–H groups in total. The second kappa shape index (κ2) is 9.94. The summed E-state index contributed by atoms with van der Waals surface area (Å²) in [6.07, 6.45) is 2.14. The Morgan fingerprint density at radius 2 is 1.94 bits per heavy atom. The van der Waals surface area contributed by atoms with E-state index in [0.717, 1.165) is 28.8 Å². The van der Waals surface area contributed by atoms with Crippen LogP contribution in [0.15, 0.2) is 18.2 Å². The number of esters is 1. The smallest absolute Gasteiger partial charge is 0.328 e. The van der Waals surface area contributed by atoms with Crippen LogP contribution in [0.2, 0.25) is 0 Å². The van der Waals surface area contributed by atoms with Gasteiger partial charge in [-0.1, -0.05) is 20.3 Å². The van der Waals surface area contributed by atoms with Gasteiger partial charge >= 0.3 is 5.97 Å². The third-order valence-electron chi connectivity index (χ3n) is 6.20. The molecule has 2 atom stereocenters. The molecule has 8 nitrogen and oxygen atoms in total. The summed E-state index contributed by atoms with van der Waals surface area (Å²) in [5.74, 6) is 0.820. The second-order valence-corrected chi connectivity index (χ2v) is 8.15. The van der Waals surface area contributed by atoms with E-state index in [4.69, 9.17) is 14.5 Å². The minimum absolute atomic E-state index is 0.0162. The van der Waals surface area contributed by atoms with E-state index in [0.29, 0.717) is 31.9 Å². The number of hydrogen-bond donors (Lipinski definition) is 1. The molecule has 1 saturated heterocycles. The Labute approximate surface area is 183 Å². The largest absolute Gasteiger partial charge is 0.497 e. The van der Waals surface area contributed by atoms with Crippen LogP contribution in [0.5, 0.6) is 5.75 Å². The fraction of sp³-hybridized carbons (Fsp3) is 0.565. The van der Waals surface area contributed by atoms with E-state index in [1.54, 1.807) is 7.11 Å². The molecular weight excluding hydrogens is 396 g/mol. The van der Waals surface area contributed by atoms with Gasteiger partial charge in [0.1, 0.15) is 11.8 Å². The Bertz CT molecular complexity index is 941. The normalized spacial score (nSPS) is 16.6. The van der Waals surface area contributed by atoms with Gasteiger partial charge in [-0.2, -0.15) is 0 Å². The number of piperidine rings is 1. The number of rotatable bonds is 7. The lowest BCUT2D eigenvalue weighted by atomic mass is 9.93. The van der Waals surface area contributed by atoms with Gasteiger partial charge in [-0.05, 0) is 37.8 Å². The van der Waals surface area contributed by atoms with Crippen LogP contribution in [-0.2, 0) is 14.3 Å². The minimum Gasteiger partial charge on any atom is -0.497 e. The number of amides is 1. The molecule has 1 aliphatic heterocycles. The highest BCUT2D eigenvalue weighted by Gasteiger charge is 2.32. The number of benzene rings is 1. The molecule has 0 saturated carbocycles. The predicted octanol–water partition coefficient (Wildman–Crippen LogP) is 2.87. The highest BCUT2D eigenvalue weighted by molar-refractivity contribution is 5.86. The Hall–Kier alpha value is -2.90. The number of anilines is 1. The summed E-state index contributed by atoms with van der Waals surface area (Å²) in [5.41, 5.74) is 1.76. The number of nitrogens with one attached hydrogen (secondary N) is 1. The van der Waals surface area contributed by atoms with E-state index in [9.17, 15) is 9.59 Å². The van der Waals surface area contributed by atoms with Gasteiger partial charge < -0.3 is 19.7 Å². The monoisotopic (exact) mass is 428 g/mol. The fourth-order valence-electron chi connectivity index (χ4n) is 3.93. The van der Waals surface area contributed by atoms with Gasteiger partial charge in [0, 0.05) is 30.5 Å². The molecule has 0 unspecified atom stereocenters. The summed E-state index contributed by atoms with van der Waals surface area (Å²) >= 11 is 0. The molecule has 1 aromatic heterocycles. The molecule has 0 radical (unpaired) electrons. The second-order valence-electron chi connectivity index (χ2n) is 8.15. The Morgan fingerprint density at radius 1 is 1.23 bits per heavy atom. The summed E-state index contributed by atoms with van der Waals surface area (Å²) in [4.78, 5) is 36.4. The number of methoxy groups -OCH3 is 2. The number of hydrogen-bond acceptors (Lipinski definition) is 7. The molecule has 1 fully saturated rings. The molecule has 0 spiro atoms. The van der Waals surface area contributed by atoms with E-state index < -0.39 is 12.0 Å². The van der Waals surface area contributed by atoms with Crippen molar-refractivity contribution in [1.29, 1.82) is 0 Å². The van der Waals surface area contributed by atoms with Crippen LogP contribution >= 0.6 is 0 Å². The predicted molar refractivity (Wildman–Crippen MR) is 119 cm³/mol. The number of aryl methyl sites for hydroxylation is 1. The molecule has 8 heteroatoms. The fourth-order valence-corrected chi connectivity index (χ4v) is 3.93.